The topological polar surface area (TPSA) is 30.5 Å². The van der Waals surface area contributed by atoms with E-state index in [0.717, 1.165) is 42.9 Å². The molecule has 0 saturated heterocycles. The summed E-state index contributed by atoms with van der Waals surface area (Å²) in [7, 11) is 0. The van der Waals surface area contributed by atoms with Gasteiger partial charge in [0.2, 0.25) is 0 Å². The van der Waals surface area contributed by atoms with Crippen LogP contribution in [0, 0.1) is 5.92 Å². The SMILES string of the molecule is CCOc1ccc(CCOCCNCC(C)C)cc1Br. The van der Waals surface area contributed by atoms with Crippen molar-refractivity contribution in [3.8, 4) is 5.75 Å². The van der Waals surface area contributed by atoms with Crippen molar-refractivity contribution in [2.24, 2.45) is 5.92 Å². The zero-order chi connectivity index (χ0) is 14.8. The highest BCUT2D eigenvalue weighted by Gasteiger charge is 2.02. The fourth-order valence-corrected chi connectivity index (χ4v) is 2.34. The number of nitrogens with one attached hydrogen (secondary N) is 1. The van der Waals surface area contributed by atoms with Crippen molar-refractivity contribution < 1.29 is 9.47 Å². The Kier molecular flexibility index (Phi) is 8.90. The van der Waals surface area contributed by atoms with Gasteiger partial charge in [-0.15, -0.1) is 0 Å². The summed E-state index contributed by atoms with van der Waals surface area (Å²) in [5, 5.41) is 3.37. The summed E-state index contributed by atoms with van der Waals surface area (Å²) in [6.45, 7) is 10.6. The van der Waals surface area contributed by atoms with Crippen molar-refractivity contribution in [2.45, 2.75) is 27.2 Å². The van der Waals surface area contributed by atoms with Crippen molar-refractivity contribution in [1.29, 1.82) is 0 Å². The third kappa shape index (κ3) is 7.27. The van der Waals surface area contributed by atoms with Gasteiger partial charge in [-0.3, -0.25) is 0 Å². The van der Waals surface area contributed by atoms with Crippen LogP contribution in [0.15, 0.2) is 22.7 Å². The lowest BCUT2D eigenvalue weighted by Crippen LogP contribution is -2.24. The summed E-state index contributed by atoms with van der Waals surface area (Å²) < 4.78 is 12.1. The molecule has 0 aliphatic carbocycles. The van der Waals surface area contributed by atoms with Gasteiger partial charge in [0.15, 0.2) is 0 Å². The molecule has 0 atom stereocenters. The Morgan fingerprint density at radius 1 is 1.25 bits per heavy atom. The van der Waals surface area contributed by atoms with Crippen molar-refractivity contribution in [3.63, 3.8) is 0 Å². The molecule has 0 fully saturated rings. The molecule has 0 amide bonds. The lowest BCUT2D eigenvalue weighted by atomic mass is 10.1. The van der Waals surface area contributed by atoms with Crippen LogP contribution in [0.4, 0.5) is 0 Å². The maximum Gasteiger partial charge on any atom is 0.133 e. The molecule has 1 N–H and O–H groups in total. The van der Waals surface area contributed by atoms with Crippen molar-refractivity contribution in [3.05, 3.63) is 28.2 Å². The van der Waals surface area contributed by atoms with Gasteiger partial charge in [0.25, 0.3) is 0 Å². The maximum atomic E-state index is 5.63. The monoisotopic (exact) mass is 343 g/mol. The molecule has 114 valence electrons. The van der Waals surface area contributed by atoms with Gasteiger partial charge >= 0.3 is 0 Å². The predicted octanol–water partition coefficient (Wildman–Crippen LogP) is 3.65. The Balaban J connectivity index is 2.17. The molecule has 0 heterocycles. The summed E-state index contributed by atoms with van der Waals surface area (Å²) in [5.74, 6) is 1.59. The standard InChI is InChI=1S/C16H26BrNO2/c1-4-20-16-6-5-14(11-15(16)17)7-9-19-10-8-18-12-13(2)3/h5-6,11,13,18H,4,7-10,12H2,1-3H3. The van der Waals surface area contributed by atoms with E-state index in [1.54, 1.807) is 0 Å². The van der Waals surface area contributed by atoms with E-state index in [2.05, 4.69) is 47.2 Å². The van der Waals surface area contributed by atoms with E-state index < -0.39 is 0 Å². The first kappa shape index (κ1) is 17.5. The fourth-order valence-electron chi connectivity index (χ4n) is 1.80. The smallest absolute Gasteiger partial charge is 0.133 e. The molecule has 1 aromatic carbocycles. The molecule has 0 saturated carbocycles. The zero-order valence-corrected chi connectivity index (χ0v) is 14.3. The lowest BCUT2D eigenvalue weighted by Gasteiger charge is -2.09. The van der Waals surface area contributed by atoms with Crippen LogP contribution in [-0.4, -0.2) is 32.9 Å². The summed E-state index contributed by atoms with van der Waals surface area (Å²) in [6, 6.07) is 6.20. The van der Waals surface area contributed by atoms with Crippen LogP contribution < -0.4 is 10.1 Å². The van der Waals surface area contributed by atoms with Crippen LogP contribution >= 0.6 is 15.9 Å². The molecule has 4 heteroatoms. The second-order valence-corrected chi connectivity index (χ2v) is 6.01. The summed E-state index contributed by atoms with van der Waals surface area (Å²) in [6.07, 6.45) is 0.926. The Labute approximate surface area is 131 Å². The average molecular weight is 344 g/mol. The van der Waals surface area contributed by atoms with Gasteiger partial charge in [-0.05, 0) is 59.4 Å². The molecule has 0 radical (unpaired) electrons. The van der Waals surface area contributed by atoms with Crippen LogP contribution in [-0.2, 0) is 11.2 Å². The van der Waals surface area contributed by atoms with Crippen LogP contribution in [0.5, 0.6) is 5.75 Å². The van der Waals surface area contributed by atoms with E-state index >= 15 is 0 Å². The minimum absolute atomic E-state index is 0.685. The summed E-state index contributed by atoms with van der Waals surface area (Å²) >= 11 is 3.53. The molecule has 0 spiro atoms. The highest BCUT2D eigenvalue weighted by Crippen LogP contribution is 2.26. The summed E-state index contributed by atoms with van der Waals surface area (Å²) in [5.41, 5.74) is 1.26. The highest BCUT2D eigenvalue weighted by molar-refractivity contribution is 9.10. The largest absolute Gasteiger partial charge is 0.493 e. The Bertz CT molecular complexity index is 383. The molecule has 0 aliphatic heterocycles. The highest BCUT2D eigenvalue weighted by atomic mass is 79.9. The molecular weight excluding hydrogens is 318 g/mol. The second kappa shape index (κ2) is 10.2. The molecule has 0 unspecified atom stereocenters. The lowest BCUT2D eigenvalue weighted by molar-refractivity contribution is 0.138. The minimum atomic E-state index is 0.685. The molecular formula is C16H26BrNO2. The van der Waals surface area contributed by atoms with Gasteiger partial charge in [-0.25, -0.2) is 0 Å². The first-order valence-electron chi connectivity index (χ1n) is 7.33. The number of hydrogen-bond acceptors (Lipinski definition) is 3. The van der Waals surface area contributed by atoms with E-state index in [0.29, 0.717) is 12.5 Å². The molecule has 0 bridgehead atoms. The zero-order valence-electron chi connectivity index (χ0n) is 12.7. The van der Waals surface area contributed by atoms with E-state index in [-0.39, 0.29) is 0 Å². The minimum Gasteiger partial charge on any atom is -0.493 e. The third-order valence-electron chi connectivity index (χ3n) is 2.81. The molecule has 1 aromatic rings. The molecule has 1 rings (SSSR count). The average Bonchev–Trinajstić information content (AvgIpc) is 2.40. The Morgan fingerprint density at radius 3 is 2.70 bits per heavy atom. The fraction of sp³-hybridized carbons (Fsp3) is 0.625. The predicted molar refractivity (Wildman–Crippen MR) is 87.5 cm³/mol. The van der Waals surface area contributed by atoms with E-state index in [1.165, 1.54) is 5.56 Å². The first-order chi connectivity index (χ1) is 9.63. The van der Waals surface area contributed by atoms with E-state index in [1.807, 2.05) is 13.0 Å². The van der Waals surface area contributed by atoms with Crippen molar-refractivity contribution >= 4 is 15.9 Å². The molecule has 20 heavy (non-hydrogen) atoms. The van der Waals surface area contributed by atoms with Gasteiger partial charge < -0.3 is 14.8 Å². The van der Waals surface area contributed by atoms with Gasteiger partial charge in [-0.1, -0.05) is 19.9 Å². The quantitative estimate of drug-likeness (QED) is 0.657. The Morgan fingerprint density at radius 2 is 2.05 bits per heavy atom. The maximum absolute atomic E-state index is 5.63. The van der Waals surface area contributed by atoms with Gasteiger partial charge in [-0.2, -0.15) is 0 Å². The van der Waals surface area contributed by atoms with Gasteiger partial charge in [0.05, 0.1) is 24.3 Å². The van der Waals surface area contributed by atoms with Crippen molar-refractivity contribution in [2.75, 3.05) is 32.9 Å². The van der Waals surface area contributed by atoms with Crippen LogP contribution in [0.3, 0.4) is 0 Å². The normalized spacial score (nSPS) is 11.1. The van der Waals surface area contributed by atoms with Crippen LogP contribution in [0.2, 0.25) is 0 Å². The second-order valence-electron chi connectivity index (χ2n) is 5.16. The van der Waals surface area contributed by atoms with Crippen LogP contribution in [0.1, 0.15) is 26.3 Å². The number of halogens is 1. The van der Waals surface area contributed by atoms with Gasteiger partial charge in [0.1, 0.15) is 5.75 Å². The Hall–Kier alpha value is -0.580. The number of benzene rings is 1. The number of hydrogen-bond donors (Lipinski definition) is 1. The van der Waals surface area contributed by atoms with Crippen LogP contribution in [0.25, 0.3) is 0 Å². The molecule has 0 aromatic heterocycles. The van der Waals surface area contributed by atoms with E-state index in [4.69, 9.17) is 9.47 Å². The molecule has 0 aliphatic rings. The number of rotatable bonds is 10. The van der Waals surface area contributed by atoms with E-state index in [9.17, 15) is 0 Å². The third-order valence-corrected chi connectivity index (χ3v) is 3.43. The first-order valence-corrected chi connectivity index (χ1v) is 8.12. The summed E-state index contributed by atoms with van der Waals surface area (Å²) in [4.78, 5) is 0. The number of ether oxygens (including phenoxy) is 2. The van der Waals surface area contributed by atoms with Gasteiger partial charge in [0, 0.05) is 6.54 Å². The molecule has 3 nitrogen and oxygen atoms in total. The van der Waals surface area contributed by atoms with Crippen molar-refractivity contribution in [1.82, 2.24) is 5.32 Å².